The zero-order chi connectivity index (χ0) is 14.6. The van der Waals surface area contributed by atoms with E-state index in [1.807, 2.05) is 25.8 Å². The highest BCUT2D eigenvalue weighted by Crippen LogP contribution is 2.26. The minimum atomic E-state index is 0.238. The summed E-state index contributed by atoms with van der Waals surface area (Å²) in [6.07, 6.45) is 11.1. The molecule has 1 aromatic heterocycles. The Morgan fingerprint density at radius 1 is 1.30 bits per heavy atom. The lowest BCUT2D eigenvalue weighted by Crippen LogP contribution is -2.49. The topological polar surface area (TPSA) is 39.1 Å². The van der Waals surface area contributed by atoms with Crippen molar-refractivity contribution in [2.24, 2.45) is 5.41 Å². The molecule has 1 atom stereocenters. The van der Waals surface area contributed by atoms with Gasteiger partial charge in [-0.05, 0) is 31.1 Å². The molecular weight excluding hydrogens is 250 g/mol. The molecule has 0 saturated heterocycles. The monoisotopic (exact) mass is 279 g/mol. The summed E-state index contributed by atoms with van der Waals surface area (Å²) < 4.78 is 7.63. The van der Waals surface area contributed by atoms with Gasteiger partial charge in [-0.25, -0.2) is 4.98 Å². The quantitative estimate of drug-likeness (QED) is 0.901. The second kappa shape index (κ2) is 6.72. The van der Waals surface area contributed by atoms with Gasteiger partial charge in [0.15, 0.2) is 0 Å². The average Bonchev–Trinajstić information content (AvgIpc) is 2.91. The van der Waals surface area contributed by atoms with Gasteiger partial charge in [-0.15, -0.1) is 0 Å². The van der Waals surface area contributed by atoms with Crippen LogP contribution in [0.3, 0.4) is 0 Å². The number of hydrogen-bond donors (Lipinski definition) is 1. The summed E-state index contributed by atoms with van der Waals surface area (Å²) in [5.74, 6) is 0. The fourth-order valence-electron chi connectivity index (χ4n) is 2.93. The summed E-state index contributed by atoms with van der Waals surface area (Å²) in [5, 5.41) is 3.87. The molecule has 1 aliphatic carbocycles. The Kier molecular flexibility index (Phi) is 5.22. The van der Waals surface area contributed by atoms with Gasteiger partial charge in [-0.2, -0.15) is 0 Å². The Morgan fingerprint density at radius 3 is 2.50 bits per heavy atom. The predicted molar refractivity (Wildman–Crippen MR) is 81.7 cm³/mol. The summed E-state index contributed by atoms with van der Waals surface area (Å²) in [4.78, 5) is 4.14. The highest BCUT2D eigenvalue weighted by atomic mass is 16.5. The third kappa shape index (κ3) is 4.32. The molecule has 1 aliphatic rings. The zero-order valence-corrected chi connectivity index (χ0v) is 13.3. The number of nitrogens with one attached hydrogen (secondary N) is 1. The third-order valence-corrected chi connectivity index (χ3v) is 4.44. The molecule has 0 aliphatic heterocycles. The van der Waals surface area contributed by atoms with Crippen LogP contribution in [-0.4, -0.2) is 34.8 Å². The zero-order valence-electron chi connectivity index (χ0n) is 13.3. The van der Waals surface area contributed by atoms with Gasteiger partial charge in [0.05, 0.1) is 12.4 Å². The van der Waals surface area contributed by atoms with Gasteiger partial charge in [0.1, 0.15) is 0 Å². The van der Waals surface area contributed by atoms with E-state index in [4.69, 9.17) is 4.74 Å². The van der Waals surface area contributed by atoms with Crippen molar-refractivity contribution in [2.75, 3.05) is 7.11 Å². The van der Waals surface area contributed by atoms with Crippen LogP contribution in [0.25, 0.3) is 0 Å². The van der Waals surface area contributed by atoms with Crippen LogP contribution < -0.4 is 5.32 Å². The summed E-state index contributed by atoms with van der Waals surface area (Å²) in [6, 6.07) is 1.08. The summed E-state index contributed by atoms with van der Waals surface area (Å²) in [6.45, 7) is 7.90. The van der Waals surface area contributed by atoms with Gasteiger partial charge in [-0.1, -0.05) is 20.8 Å². The minimum absolute atomic E-state index is 0.238. The Hall–Kier alpha value is -0.870. The van der Waals surface area contributed by atoms with E-state index < -0.39 is 0 Å². The number of ether oxygens (including phenoxy) is 1. The Bertz CT molecular complexity index is 375. The van der Waals surface area contributed by atoms with Crippen molar-refractivity contribution in [3.8, 4) is 0 Å². The molecule has 4 heteroatoms. The molecule has 1 heterocycles. The number of imidazole rings is 1. The predicted octanol–water partition coefficient (Wildman–Crippen LogP) is 2.85. The van der Waals surface area contributed by atoms with E-state index in [1.54, 1.807) is 0 Å². The molecule has 0 spiro atoms. The van der Waals surface area contributed by atoms with Gasteiger partial charge < -0.3 is 14.6 Å². The molecule has 0 radical (unpaired) electrons. The van der Waals surface area contributed by atoms with Crippen molar-refractivity contribution in [3.05, 3.63) is 18.7 Å². The summed E-state index contributed by atoms with van der Waals surface area (Å²) in [5.41, 5.74) is 0.238. The highest BCUT2D eigenvalue weighted by Gasteiger charge is 2.29. The average molecular weight is 279 g/mol. The van der Waals surface area contributed by atoms with E-state index in [2.05, 4.69) is 35.6 Å². The van der Waals surface area contributed by atoms with E-state index >= 15 is 0 Å². The lowest BCUT2D eigenvalue weighted by Gasteiger charge is -2.37. The van der Waals surface area contributed by atoms with Crippen molar-refractivity contribution in [2.45, 2.75) is 71.2 Å². The van der Waals surface area contributed by atoms with Crippen LogP contribution in [0, 0.1) is 5.41 Å². The first kappa shape index (κ1) is 15.5. The first-order valence-corrected chi connectivity index (χ1v) is 7.73. The van der Waals surface area contributed by atoms with Crippen molar-refractivity contribution in [3.63, 3.8) is 0 Å². The maximum atomic E-state index is 5.46. The second-order valence-corrected chi connectivity index (χ2v) is 7.05. The molecule has 1 saturated carbocycles. The van der Waals surface area contributed by atoms with Crippen LogP contribution in [0.2, 0.25) is 0 Å². The van der Waals surface area contributed by atoms with Crippen LogP contribution in [0.15, 0.2) is 18.7 Å². The van der Waals surface area contributed by atoms with Crippen LogP contribution >= 0.6 is 0 Å². The summed E-state index contributed by atoms with van der Waals surface area (Å²) >= 11 is 0. The Balaban J connectivity index is 1.91. The first-order valence-electron chi connectivity index (χ1n) is 7.73. The van der Waals surface area contributed by atoms with Crippen molar-refractivity contribution < 1.29 is 4.74 Å². The number of aromatic nitrogens is 2. The molecule has 114 valence electrons. The molecule has 20 heavy (non-hydrogen) atoms. The third-order valence-electron chi connectivity index (χ3n) is 4.44. The van der Waals surface area contributed by atoms with Crippen LogP contribution in [0.4, 0.5) is 0 Å². The fourth-order valence-corrected chi connectivity index (χ4v) is 2.93. The lowest BCUT2D eigenvalue weighted by molar-refractivity contribution is 0.0576. The maximum absolute atomic E-state index is 5.46. The molecule has 1 N–H and O–H groups in total. The molecule has 0 bridgehead atoms. The lowest BCUT2D eigenvalue weighted by atomic mass is 9.84. The SMILES string of the molecule is COC1CCC(NC(Cn2ccnc2)C(C)(C)C)CC1. The smallest absolute Gasteiger partial charge is 0.0946 e. The van der Waals surface area contributed by atoms with Crippen molar-refractivity contribution >= 4 is 0 Å². The van der Waals surface area contributed by atoms with Gasteiger partial charge in [0, 0.05) is 38.1 Å². The normalized spacial score (nSPS) is 25.6. The standard InChI is InChI=1S/C16H29N3O/c1-16(2,3)15(11-19-10-9-17-12-19)18-13-5-7-14(20-4)8-6-13/h9-10,12-15,18H,5-8,11H2,1-4H3. The number of nitrogens with zero attached hydrogens (tertiary/aromatic N) is 2. The van der Waals surface area contributed by atoms with Gasteiger partial charge in [0.2, 0.25) is 0 Å². The van der Waals surface area contributed by atoms with Gasteiger partial charge in [-0.3, -0.25) is 0 Å². The number of hydrogen-bond acceptors (Lipinski definition) is 3. The molecule has 1 fully saturated rings. The van der Waals surface area contributed by atoms with E-state index in [0.717, 1.165) is 6.54 Å². The van der Waals surface area contributed by atoms with E-state index in [0.29, 0.717) is 18.2 Å². The second-order valence-electron chi connectivity index (χ2n) is 7.05. The highest BCUT2D eigenvalue weighted by molar-refractivity contribution is 4.88. The van der Waals surface area contributed by atoms with Crippen molar-refractivity contribution in [1.29, 1.82) is 0 Å². The molecule has 4 nitrogen and oxygen atoms in total. The molecule has 0 amide bonds. The molecule has 0 aromatic carbocycles. The Labute approximate surface area is 122 Å². The van der Waals surface area contributed by atoms with Crippen LogP contribution in [0.1, 0.15) is 46.5 Å². The van der Waals surface area contributed by atoms with E-state index in [-0.39, 0.29) is 5.41 Å². The molecule has 1 aromatic rings. The van der Waals surface area contributed by atoms with Gasteiger partial charge >= 0.3 is 0 Å². The Morgan fingerprint density at radius 2 is 2.00 bits per heavy atom. The number of rotatable bonds is 5. The van der Waals surface area contributed by atoms with Crippen molar-refractivity contribution in [1.82, 2.24) is 14.9 Å². The van der Waals surface area contributed by atoms with Gasteiger partial charge in [0.25, 0.3) is 0 Å². The van der Waals surface area contributed by atoms with E-state index in [9.17, 15) is 0 Å². The maximum Gasteiger partial charge on any atom is 0.0946 e. The minimum Gasteiger partial charge on any atom is -0.381 e. The molecular formula is C16H29N3O. The molecule has 1 unspecified atom stereocenters. The first-order chi connectivity index (χ1) is 9.49. The van der Waals surface area contributed by atoms with E-state index in [1.165, 1.54) is 25.7 Å². The largest absolute Gasteiger partial charge is 0.381 e. The molecule has 2 rings (SSSR count). The fraction of sp³-hybridized carbons (Fsp3) is 0.812. The number of methoxy groups -OCH3 is 1. The van der Waals surface area contributed by atoms with Crippen LogP contribution in [-0.2, 0) is 11.3 Å². The van der Waals surface area contributed by atoms with Crippen LogP contribution in [0.5, 0.6) is 0 Å². The summed E-state index contributed by atoms with van der Waals surface area (Å²) in [7, 11) is 1.83.